The minimum Gasteiger partial charge on any atom is -0.335 e. The maximum atomic E-state index is 13.1. The van der Waals surface area contributed by atoms with Crippen molar-refractivity contribution in [3.8, 4) is 0 Å². The fraction of sp³-hybridized carbons (Fsp3) is 0.929. The molecule has 1 aliphatic carbocycles. The summed E-state index contributed by atoms with van der Waals surface area (Å²) in [5.74, 6) is -0.478. The van der Waals surface area contributed by atoms with E-state index in [2.05, 4.69) is 15.5 Å². The van der Waals surface area contributed by atoms with Crippen molar-refractivity contribution in [1.29, 1.82) is 0 Å². The van der Waals surface area contributed by atoms with Crippen LogP contribution in [0.2, 0.25) is 0 Å². The molecule has 7 heteroatoms. The van der Waals surface area contributed by atoms with E-state index in [-0.39, 0.29) is 6.04 Å². The zero-order valence-electron chi connectivity index (χ0n) is 12.4. The van der Waals surface area contributed by atoms with Crippen LogP contribution < -0.4 is 10.6 Å². The second-order valence-electron chi connectivity index (χ2n) is 6.26. The monoisotopic (exact) mass is 307 g/mol. The van der Waals surface area contributed by atoms with Crippen molar-refractivity contribution < 1.29 is 18.0 Å². The number of carbonyl (C=O) groups is 1. The first-order valence-corrected chi connectivity index (χ1v) is 7.68. The van der Waals surface area contributed by atoms with Gasteiger partial charge in [0.15, 0.2) is 0 Å². The molecular weight excluding hydrogens is 283 g/mol. The van der Waals surface area contributed by atoms with Crippen LogP contribution >= 0.6 is 0 Å². The molecule has 2 amide bonds. The Morgan fingerprint density at radius 3 is 2.24 bits per heavy atom. The number of amides is 2. The zero-order chi connectivity index (χ0) is 15.5. The molecule has 1 aliphatic heterocycles. The number of nitrogens with zero attached hydrogens (tertiary/aromatic N) is 1. The van der Waals surface area contributed by atoms with E-state index in [1.807, 2.05) is 7.05 Å². The van der Waals surface area contributed by atoms with Crippen LogP contribution in [-0.2, 0) is 0 Å². The smallest absolute Gasteiger partial charge is 0.335 e. The van der Waals surface area contributed by atoms with Crippen LogP contribution in [0.5, 0.6) is 0 Å². The van der Waals surface area contributed by atoms with Gasteiger partial charge in [-0.25, -0.2) is 4.79 Å². The number of hydrogen-bond acceptors (Lipinski definition) is 2. The number of likely N-dealkylation sites (tertiary alicyclic amines) is 1. The Bertz CT molecular complexity index is 348. The van der Waals surface area contributed by atoms with Crippen LogP contribution in [0.1, 0.15) is 38.5 Å². The summed E-state index contributed by atoms with van der Waals surface area (Å²) in [7, 11) is 2.00. The molecule has 1 saturated heterocycles. The molecule has 2 fully saturated rings. The van der Waals surface area contributed by atoms with Gasteiger partial charge in [0.2, 0.25) is 0 Å². The number of nitrogens with one attached hydrogen (secondary N) is 2. The van der Waals surface area contributed by atoms with Crippen molar-refractivity contribution in [2.24, 2.45) is 5.92 Å². The minimum atomic E-state index is -4.38. The quantitative estimate of drug-likeness (QED) is 0.841. The number of hydrogen-bond donors (Lipinski definition) is 2. The third kappa shape index (κ3) is 4.76. The van der Waals surface area contributed by atoms with Crippen molar-refractivity contribution in [2.45, 2.75) is 56.8 Å². The number of halogens is 3. The SMILES string of the molecule is CN1CCC(NC(=O)N[C@H](C2CCCC2)C(F)(F)F)CC1. The molecule has 4 nitrogen and oxygen atoms in total. The number of alkyl halides is 3. The van der Waals surface area contributed by atoms with Gasteiger partial charge >= 0.3 is 12.2 Å². The topological polar surface area (TPSA) is 44.4 Å². The van der Waals surface area contributed by atoms with Crippen LogP contribution in [-0.4, -0.2) is 49.3 Å². The third-order valence-electron chi connectivity index (χ3n) is 4.56. The molecule has 0 aromatic heterocycles. The summed E-state index contributed by atoms with van der Waals surface area (Å²) in [5.41, 5.74) is 0. The van der Waals surface area contributed by atoms with Crippen LogP contribution in [0.4, 0.5) is 18.0 Å². The Balaban J connectivity index is 1.86. The average Bonchev–Trinajstić information content (AvgIpc) is 2.91. The van der Waals surface area contributed by atoms with Gasteiger partial charge in [0.05, 0.1) is 0 Å². The van der Waals surface area contributed by atoms with Crippen LogP contribution in [0, 0.1) is 5.92 Å². The van der Waals surface area contributed by atoms with Gasteiger partial charge in [-0.05, 0) is 51.7 Å². The van der Waals surface area contributed by atoms with E-state index in [1.54, 1.807) is 0 Å². The molecule has 1 saturated carbocycles. The Kier molecular flexibility index (Phi) is 5.35. The second-order valence-corrected chi connectivity index (χ2v) is 6.26. The Morgan fingerprint density at radius 2 is 1.71 bits per heavy atom. The summed E-state index contributed by atoms with van der Waals surface area (Å²) in [6, 6.07) is -2.43. The Hall–Kier alpha value is -0.980. The van der Waals surface area contributed by atoms with E-state index in [4.69, 9.17) is 0 Å². The normalized spacial score (nSPS) is 24.0. The maximum absolute atomic E-state index is 13.1. The summed E-state index contributed by atoms with van der Waals surface area (Å²) in [6.07, 6.45) is -0.102. The zero-order valence-corrected chi connectivity index (χ0v) is 12.4. The lowest BCUT2D eigenvalue weighted by atomic mass is 9.97. The minimum absolute atomic E-state index is 0.0290. The molecule has 122 valence electrons. The van der Waals surface area contributed by atoms with Crippen LogP contribution in [0.15, 0.2) is 0 Å². The fourth-order valence-electron chi connectivity index (χ4n) is 3.28. The van der Waals surface area contributed by atoms with E-state index in [1.165, 1.54) is 0 Å². The lowest BCUT2D eigenvalue weighted by Crippen LogP contribution is -2.55. The number of piperidine rings is 1. The molecule has 0 radical (unpaired) electrons. The van der Waals surface area contributed by atoms with E-state index in [0.717, 1.165) is 38.8 Å². The highest BCUT2D eigenvalue weighted by atomic mass is 19.4. The van der Waals surface area contributed by atoms with E-state index in [9.17, 15) is 18.0 Å². The van der Waals surface area contributed by atoms with Gasteiger partial charge in [-0.3, -0.25) is 0 Å². The molecule has 2 rings (SSSR count). The molecule has 1 heterocycles. The van der Waals surface area contributed by atoms with Crippen molar-refractivity contribution in [2.75, 3.05) is 20.1 Å². The highest BCUT2D eigenvalue weighted by Crippen LogP contribution is 2.35. The van der Waals surface area contributed by atoms with E-state index in [0.29, 0.717) is 12.8 Å². The molecule has 0 spiro atoms. The fourth-order valence-corrected chi connectivity index (χ4v) is 3.28. The predicted octanol–water partition coefficient (Wildman–Crippen LogP) is 2.50. The number of rotatable bonds is 3. The van der Waals surface area contributed by atoms with Crippen molar-refractivity contribution in [3.05, 3.63) is 0 Å². The van der Waals surface area contributed by atoms with Crippen molar-refractivity contribution >= 4 is 6.03 Å². The first-order valence-electron chi connectivity index (χ1n) is 7.68. The first-order chi connectivity index (χ1) is 9.86. The molecule has 2 N–H and O–H groups in total. The molecular formula is C14H24F3N3O. The second kappa shape index (κ2) is 6.85. The van der Waals surface area contributed by atoms with Crippen LogP contribution in [0.25, 0.3) is 0 Å². The largest absolute Gasteiger partial charge is 0.408 e. The van der Waals surface area contributed by atoms with Crippen molar-refractivity contribution in [3.63, 3.8) is 0 Å². The van der Waals surface area contributed by atoms with Gasteiger partial charge in [0, 0.05) is 6.04 Å². The molecule has 21 heavy (non-hydrogen) atoms. The Morgan fingerprint density at radius 1 is 1.14 bits per heavy atom. The van der Waals surface area contributed by atoms with E-state index < -0.39 is 24.2 Å². The van der Waals surface area contributed by atoms with Gasteiger partial charge in [-0.15, -0.1) is 0 Å². The van der Waals surface area contributed by atoms with Crippen molar-refractivity contribution in [1.82, 2.24) is 15.5 Å². The maximum Gasteiger partial charge on any atom is 0.408 e. The molecule has 2 aliphatic rings. The van der Waals surface area contributed by atoms with Gasteiger partial charge in [-0.2, -0.15) is 13.2 Å². The summed E-state index contributed by atoms with van der Waals surface area (Å²) in [4.78, 5) is 14.0. The molecule has 0 aromatic carbocycles. The third-order valence-corrected chi connectivity index (χ3v) is 4.56. The molecule has 1 atom stereocenters. The lowest BCUT2D eigenvalue weighted by Gasteiger charge is -2.31. The lowest BCUT2D eigenvalue weighted by molar-refractivity contribution is -0.164. The van der Waals surface area contributed by atoms with Crippen LogP contribution in [0.3, 0.4) is 0 Å². The number of carbonyl (C=O) groups excluding carboxylic acids is 1. The summed E-state index contributed by atoms with van der Waals surface area (Å²) >= 11 is 0. The van der Waals surface area contributed by atoms with Gasteiger partial charge in [0.1, 0.15) is 6.04 Å². The molecule has 0 unspecified atom stereocenters. The highest BCUT2D eigenvalue weighted by molar-refractivity contribution is 5.74. The summed E-state index contributed by atoms with van der Waals surface area (Å²) in [5, 5.41) is 4.86. The number of urea groups is 1. The van der Waals surface area contributed by atoms with Gasteiger partial charge < -0.3 is 15.5 Å². The standard InChI is InChI=1S/C14H24F3N3O/c1-20-8-6-11(7-9-20)18-13(21)19-12(14(15,16)17)10-4-2-3-5-10/h10-12H,2-9H2,1H3,(H2,18,19,21)/t12-/m1/s1. The average molecular weight is 307 g/mol. The molecule has 0 aromatic rings. The summed E-state index contributed by atoms with van der Waals surface area (Å²) in [6.45, 7) is 1.71. The molecule has 0 bridgehead atoms. The van der Waals surface area contributed by atoms with Gasteiger partial charge in [-0.1, -0.05) is 12.8 Å². The Labute approximate surface area is 123 Å². The van der Waals surface area contributed by atoms with Gasteiger partial charge in [0.25, 0.3) is 0 Å². The van der Waals surface area contributed by atoms with E-state index >= 15 is 0 Å². The first kappa shape index (κ1) is 16.4. The highest BCUT2D eigenvalue weighted by Gasteiger charge is 2.46. The summed E-state index contributed by atoms with van der Waals surface area (Å²) < 4.78 is 39.3. The predicted molar refractivity (Wildman–Crippen MR) is 74.0 cm³/mol.